The van der Waals surface area contributed by atoms with E-state index in [4.69, 9.17) is 9.56 Å². The van der Waals surface area contributed by atoms with Crippen molar-refractivity contribution in [2.75, 3.05) is 0 Å². The van der Waals surface area contributed by atoms with E-state index in [0.717, 1.165) is 11.3 Å². The maximum absolute atomic E-state index is 12.5. The third-order valence-electron chi connectivity index (χ3n) is 3.74. The van der Waals surface area contributed by atoms with Gasteiger partial charge in [0, 0.05) is 10.4 Å². The van der Waals surface area contributed by atoms with Crippen LogP contribution in [0.15, 0.2) is 68.3 Å². The first kappa shape index (κ1) is 20.3. The van der Waals surface area contributed by atoms with Crippen LogP contribution >= 0.6 is 11.3 Å². The summed E-state index contributed by atoms with van der Waals surface area (Å²) in [7, 11) is -7.43. The molecule has 2 heterocycles. The third kappa shape index (κ3) is 4.68. The smallest absolute Gasteiger partial charge is 0.287 e. The minimum atomic E-state index is -3.80. The predicted octanol–water partition coefficient (Wildman–Crippen LogP) is 1.89. The van der Waals surface area contributed by atoms with Gasteiger partial charge in [-0.05, 0) is 30.3 Å². The van der Waals surface area contributed by atoms with Crippen LogP contribution in [0.2, 0.25) is 0 Å². The molecule has 3 rings (SSSR count). The standard InChI is InChI=1S/C17H16N2O6S3/c18-28(23,24)15-7-6-13(26-15)10-19-17(20)16-12(8-9-25-16)11-27(21,22)14-4-2-1-3-5-14/h1-9H,10-11H2,(H,19,20)(H2,18,23,24). The molecular formula is C17H16N2O6S3. The maximum atomic E-state index is 12.5. The number of furan rings is 1. The molecule has 1 amide bonds. The number of rotatable bonds is 7. The number of carbonyl (C=O) groups excluding carboxylic acids is 1. The molecular weight excluding hydrogens is 424 g/mol. The van der Waals surface area contributed by atoms with E-state index >= 15 is 0 Å². The number of sulfonamides is 1. The van der Waals surface area contributed by atoms with Crippen LogP contribution in [0.3, 0.4) is 0 Å². The number of primary sulfonamides is 1. The zero-order valence-corrected chi connectivity index (χ0v) is 16.8. The number of nitrogens with one attached hydrogen (secondary N) is 1. The molecule has 0 saturated carbocycles. The Morgan fingerprint density at radius 3 is 2.39 bits per heavy atom. The zero-order valence-electron chi connectivity index (χ0n) is 14.4. The lowest BCUT2D eigenvalue weighted by Crippen LogP contribution is -2.23. The van der Waals surface area contributed by atoms with Gasteiger partial charge in [0.05, 0.1) is 23.5 Å². The van der Waals surface area contributed by atoms with Crippen LogP contribution in [-0.2, 0) is 32.2 Å². The minimum absolute atomic E-state index is 0.00982. The van der Waals surface area contributed by atoms with Gasteiger partial charge < -0.3 is 9.73 Å². The number of hydrogen-bond acceptors (Lipinski definition) is 7. The number of nitrogens with two attached hydrogens (primary N) is 1. The second-order valence-electron chi connectivity index (χ2n) is 5.80. The summed E-state index contributed by atoms with van der Waals surface area (Å²) in [5.74, 6) is -1.10. The van der Waals surface area contributed by atoms with E-state index in [1.54, 1.807) is 18.2 Å². The molecule has 0 aliphatic rings. The number of thiophene rings is 1. The van der Waals surface area contributed by atoms with Crippen molar-refractivity contribution in [3.63, 3.8) is 0 Å². The Morgan fingerprint density at radius 2 is 1.75 bits per heavy atom. The van der Waals surface area contributed by atoms with Crippen molar-refractivity contribution in [1.29, 1.82) is 0 Å². The van der Waals surface area contributed by atoms with Gasteiger partial charge in [-0.3, -0.25) is 4.79 Å². The van der Waals surface area contributed by atoms with Gasteiger partial charge in [0.25, 0.3) is 5.91 Å². The molecule has 0 aliphatic carbocycles. The van der Waals surface area contributed by atoms with E-state index in [1.165, 1.54) is 36.6 Å². The topological polar surface area (TPSA) is 137 Å². The first-order chi connectivity index (χ1) is 13.2. The molecule has 3 aromatic rings. The number of benzene rings is 1. The summed E-state index contributed by atoms with van der Waals surface area (Å²) in [5, 5.41) is 7.63. The van der Waals surface area contributed by atoms with Crippen molar-refractivity contribution in [2.24, 2.45) is 5.14 Å². The zero-order chi connectivity index (χ0) is 20.4. The molecule has 8 nitrogen and oxygen atoms in total. The van der Waals surface area contributed by atoms with E-state index in [1.807, 2.05) is 0 Å². The normalized spacial score (nSPS) is 12.0. The molecule has 1 aromatic carbocycles. The van der Waals surface area contributed by atoms with E-state index in [-0.39, 0.29) is 32.7 Å². The van der Waals surface area contributed by atoms with Gasteiger partial charge in [0.2, 0.25) is 10.0 Å². The first-order valence-corrected chi connectivity index (χ1v) is 11.9. The predicted molar refractivity (Wildman–Crippen MR) is 103 cm³/mol. The van der Waals surface area contributed by atoms with Gasteiger partial charge in [-0.15, -0.1) is 11.3 Å². The summed E-state index contributed by atoms with van der Waals surface area (Å²) < 4.78 is 52.8. The lowest BCUT2D eigenvalue weighted by atomic mass is 10.2. The number of amides is 1. The molecule has 3 N–H and O–H groups in total. The summed E-state index contributed by atoms with van der Waals surface area (Å²) in [6, 6.07) is 12.2. The molecule has 0 fully saturated rings. The van der Waals surface area contributed by atoms with Crippen LogP contribution in [0.4, 0.5) is 0 Å². The highest BCUT2D eigenvalue weighted by Crippen LogP contribution is 2.22. The molecule has 2 aromatic heterocycles. The molecule has 0 atom stereocenters. The Bertz CT molecular complexity index is 1190. The van der Waals surface area contributed by atoms with Crippen molar-refractivity contribution in [2.45, 2.75) is 21.4 Å². The second kappa shape index (κ2) is 7.87. The van der Waals surface area contributed by atoms with Crippen molar-refractivity contribution in [3.8, 4) is 0 Å². The molecule has 0 unspecified atom stereocenters. The van der Waals surface area contributed by atoms with Crippen molar-refractivity contribution in [1.82, 2.24) is 5.32 Å². The second-order valence-corrected chi connectivity index (χ2v) is 10.7. The van der Waals surface area contributed by atoms with E-state index in [0.29, 0.717) is 4.88 Å². The highest BCUT2D eigenvalue weighted by atomic mass is 32.2. The Hall–Kier alpha value is -2.47. The van der Waals surface area contributed by atoms with Crippen LogP contribution in [0, 0.1) is 0 Å². The highest BCUT2D eigenvalue weighted by Gasteiger charge is 2.22. The SMILES string of the molecule is NS(=O)(=O)c1ccc(CNC(=O)c2occc2CS(=O)(=O)c2ccccc2)s1. The van der Waals surface area contributed by atoms with Gasteiger partial charge in [-0.2, -0.15) is 0 Å². The minimum Gasteiger partial charge on any atom is -0.459 e. The highest BCUT2D eigenvalue weighted by molar-refractivity contribution is 7.91. The Morgan fingerprint density at radius 1 is 1.04 bits per heavy atom. The monoisotopic (exact) mass is 440 g/mol. The van der Waals surface area contributed by atoms with Crippen LogP contribution in [-0.4, -0.2) is 22.7 Å². The fraction of sp³-hybridized carbons (Fsp3) is 0.118. The average Bonchev–Trinajstić information content (AvgIpc) is 3.29. The van der Waals surface area contributed by atoms with Crippen molar-refractivity contribution >= 4 is 37.1 Å². The van der Waals surface area contributed by atoms with Gasteiger partial charge in [-0.1, -0.05) is 18.2 Å². The fourth-order valence-electron chi connectivity index (χ4n) is 2.42. The van der Waals surface area contributed by atoms with E-state index < -0.39 is 25.8 Å². The molecule has 0 radical (unpaired) electrons. The fourth-order valence-corrected chi connectivity index (χ4v) is 5.51. The summed E-state index contributed by atoms with van der Waals surface area (Å²) in [5.41, 5.74) is 0.234. The lowest BCUT2D eigenvalue weighted by Gasteiger charge is -2.06. The maximum Gasteiger partial charge on any atom is 0.287 e. The quantitative estimate of drug-likeness (QED) is 0.576. The van der Waals surface area contributed by atoms with Crippen LogP contribution in [0.5, 0.6) is 0 Å². The third-order valence-corrected chi connectivity index (χ3v) is 7.95. The van der Waals surface area contributed by atoms with Crippen molar-refractivity contribution in [3.05, 3.63) is 71.0 Å². The van der Waals surface area contributed by atoms with Crippen molar-refractivity contribution < 1.29 is 26.0 Å². The molecule has 148 valence electrons. The molecule has 0 aliphatic heterocycles. The Labute approximate surface area is 166 Å². The lowest BCUT2D eigenvalue weighted by molar-refractivity contribution is 0.0922. The summed E-state index contributed by atoms with van der Waals surface area (Å²) in [4.78, 5) is 13.1. The molecule has 0 bridgehead atoms. The molecule has 11 heteroatoms. The van der Waals surface area contributed by atoms with Gasteiger partial charge in [0.1, 0.15) is 4.21 Å². The Kier molecular flexibility index (Phi) is 5.70. The average molecular weight is 441 g/mol. The Balaban J connectivity index is 1.71. The van der Waals surface area contributed by atoms with Crippen LogP contribution in [0.25, 0.3) is 0 Å². The largest absolute Gasteiger partial charge is 0.459 e. The summed E-state index contributed by atoms with van der Waals surface area (Å²) in [6.07, 6.45) is 1.25. The summed E-state index contributed by atoms with van der Waals surface area (Å²) in [6.45, 7) is 0.0462. The van der Waals surface area contributed by atoms with Crippen LogP contribution in [0.1, 0.15) is 21.0 Å². The first-order valence-electron chi connectivity index (χ1n) is 7.91. The molecule has 0 spiro atoms. The van der Waals surface area contributed by atoms with Crippen LogP contribution < -0.4 is 10.5 Å². The number of hydrogen-bond donors (Lipinski definition) is 2. The van der Waals surface area contributed by atoms with Gasteiger partial charge in [-0.25, -0.2) is 22.0 Å². The van der Waals surface area contributed by atoms with E-state index in [2.05, 4.69) is 5.32 Å². The van der Waals surface area contributed by atoms with Gasteiger partial charge in [0.15, 0.2) is 15.6 Å². The molecule has 28 heavy (non-hydrogen) atoms. The number of carbonyl (C=O) groups is 1. The molecule has 0 saturated heterocycles. The summed E-state index contributed by atoms with van der Waals surface area (Å²) >= 11 is 0.936. The van der Waals surface area contributed by atoms with Gasteiger partial charge >= 0.3 is 0 Å². The van der Waals surface area contributed by atoms with E-state index in [9.17, 15) is 21.6 Å². The number of sulfone groups is 1.